The van der Waals surface area contributed by atoms with Crippen molar-refractivity contribution in [3.63, 3.8) is 0 Å². The summed E-state index contributed by atoms with van der Waals surface area (Å²) in [5, 5.41) is 0. The zero-order valence-electron chi connectivity index (χ0n) is 26.7. The van der Waals surface area contributed by atoms with Gasteiger partial charge in [-0.2, -0.15) is 0 Å². The SMILES string of the molecule is CC1=Cc2c(-c3ccccc3)ccc(C)c2[CH]1[Zr]([Cl])([Cl])([CH]1C(C(C)C)=Cc2c(-c3cc(C)ccc3C)cccc21)[SiH](C)C. The van der Waals surface area contributed by atoms with Crippen LogP contribution in [0.25, 0.3) is 34.4 Å². The van der Waals surface area contributed by atoms with E-state index in [2.05, 4.69) is 146 Å². The van der Waals surface area contributed by atoms with Gasteiger partial charge in [0.15, 0.2) is 0 Å². The third-order valence-corrected chi connectivity index (χ3v) is 62.3. The summed E-state index contributed by atoms with van der Waals surface area (Å²) >= 11 is -4.80. The van der Waals surface area contributed by atoms with E-state index < -0.39 is 21.5 Å². The molecule has 43 heavy (non-hydrogen) atoms. The van der Waals surface area contributed by atoms with Crippen LogP contribution in [0.4, 0.5) is 0 Å². The molecule has 2 aliphatic rings. The van der Waals surface area contributed by atoms with Gasteiger partial charge in [0.25, 0.3) is 0 Å². The second-order valence-corrected chi connectivity index (χ2v) is 56.2. The first-order valence-corrected chi connectivity index (χ1v) is 32.0. The molecule has 2 aliphatic carbocycles. The van der Waals surface area contributed by atoms with Gasteiger partial charge in [-0.05, 0) is 0 Å². The Labute approximate surface area is 267 Å². The number of hydrogen-bond acceptors (Lipinski definition) is 0. The average Bonchev–Trinajstić information content (AvgIpc) is 3.55. The van der Waals surface area contributed by atoms with Crippen LogP contribution in [-0.2, 0) is 15.6 Å². The van der Waals surface area contributed by atoms with Gasteiger partial charge in [0.1, 0.15) is 0 Å². The molecule has 4 aromatic rings. The van der Waals surface area contributed by atoms with Gasteiger partial charge in [-0.3, -0.25) is 0 Å². The number of fused-ring (bicyclic) bond motifs is 2. The Morgan fingerprint density at radius 1 is 0.674 bits per heavy atom. The number of halogens is 2. The summed E-state index contributed by atoms with van der Waals surface area (Å²) in [4.78, 5) is 0. The number of aryl methyl sites for hydroxylation is 3. The molecule has 221 valence electrons. The van der Waals surface area contributed by atoms with Crippen molar-refractivity contribution >= 4 is 35.1 Å². The van der Waals surface area contributed by atoms with Crippen molar-refractivity contribution in [2.24, 2.45) is 5.92 Å². The summed E-state index contributed by atoms with van der Waals surface area (Å²) in [6.45, 7) is 18.5. The molecule has 0 saturated heterocycles. The molecule has 0 fully saturated rings. The van der Waals surface area contributed by atoms with Gasteiger partial charge in [0.05, 0.1) is 0 Å². The van der Waals surface area contributed by atoms with Crippen molar-refractivity contribution in [1.29, 1.82) is 0 Å². The third-order valence-electron chi connectivity index (χ3n) is 10.4. The van der Waals surface area contributed by atoms with E-state index in [9.17, 15) is 0 Å². The maximum atomic E-state index is 8.61. The van der Waals surface area contributed by atoms with Gasteiger partial charge < -0.3 is 0 Å². The molecule has 2 atom stereocenters. The second kappa shape index (κ2) is 11.1. The van der Waals surface area contributed by atoms with Crippen molar-refractivity contribution in [3.8, 4) is 22.3 Å². The van der Waals surface area contributed by atoms with Crippen molar-refractivity contribution in [3.05, 3.63) is 129 Å². The van der Waals surface area contributed by atoms with Gasteiger partial charge >= 0.3 is 270 Å². The second-order valence-electron chi connectivity index (χ2n) is 13.7. The number of rotatable bonds is 6. The molecule has 0 aliphatic heterocycles. The van der Waals surface area contributed by atoms with Gasteiger partial charge in [0.2, 0.25) is 0 Å². The molecule has 0 radical (unpaired) electrons. The molecular formula is C39H43Cl2SiZr. The van der Waals surface area contributed by atoms with Crippen LogP contribution in [0, 0.1) is 26.7 Å². The van der Waals surface area contributed by atoms with E-state index in [1.807, 2.05) is 0 Å². The summed E-state index contributed by atoms with van der Waals surface area (Å²) in [7, 11) is 17.2. The van der Waals surface area contributed by atoms with Crippen molar-refractivity contribution in [1.82, 2.24) is 0 Å². The van der Waals surface area contributed by atoms with Crippen molar-refractivity contribution in [2.45, 2.75) is 61.9 Å². The first-order valence-electron chi connectivity index (χ1n) is 15.7. The number of hydrogen-bond donors (Lipinski definition) is 0. The summed E-state index contributed by atoms with van der Waals surface area (Å²) in [6.07, 6.45) is 4.91. The molecule has 0 heterocycles. The topological polar surface area (TPSA) is 0 Å². The van der Waals surface area contributed by atoms with Gasteiger partial charge in [-0.25, -0.2) is 0 Å². The zero-order valence-corrected chi connectivity index (χ0v) is 31.9. The molecule has 0 spiro atoms. The fraction of sp³-hybridized carbons (Fsp3) is 0.282. The predicted octanol–water partition coefficient (Wildman–Crippen LogP) is 12.2. The quantitative estimate of drug-likeness (QED) is 0.176. The number of benzene rings is 4. The third kappa shape index (κ3) is 4.78. The Morgan fingerprint density at radius 2 is 1.37 bits per heavy atom. The normalized spacial score (nSPS) is 18.7. The number of allylic oxidation sites excluding steroid dienone is 2. The van der Waals surface area contributed by atoms with E-state index in [-0.39, 0.29) is 7.25 Å². The molecule has 0 bridgehead atoms. The van der Waals surface area contributed by atoms with Gasteiger partial charge in [-0.15, -0.1) is 0 Å². The Hall–Kier alpha value is -1.96. The van der Waals surface area contributed by atoms with E-state index >= 15 is 0 Å². The van der Waals surface area contributed by atoms with E-state index in [0.717, 1.165) is 0 Å². The summed E-state index contributed by atoms with van der Waals surface area (Å²) < 4.78 is 0.188. The zero-order chi connectivity index (χ0) is 30.9. The van der Waals surface area contributed by atoms with E-state index in [0.29, 0.717) is 5.92 Å². The Balaban J connectivity index is 1.62. The van der Waals surface area contributed by atoms with Crippen LogP contribution < -0.4 is 0 Å². The van der Waals surface area contributed by atoms with Crippen LogP contribution >= 0.6 is 17.0 Å². The molecule has 6 rings (SSSR count). The molecule has 0 saturated carbocycles. The molecule has 4 heteroatoms. The molecule has 2 unspecified atom stereocenters. The minimum absolute atomic E-state index is 0.0931. The van der Waals surface area contributed by atoms with E-state index in [1.54, 1.807) is 0 Å². The molecule has 4 aromatic carbocycles. The van der Waals surface area contributed by atoms with Crippen LogP contribution in [0.2, 0.25) is 13.1 Å². The summed E-state index contributed by atoms with van der Waals surface area (Å²) in [5.41, 5.74) is 17.2. The van der Waals surface area contributed by atoms with Crippen LogP contribution in [0.15, 0.2) is 90.0 Å². The molecule has 0 aromatic heterocycles. The van der Waals surface area contributed by atoms with E-state index in [4.69, 9.17) is 17.0 Å². The Morgan fingerprint density at radius 3 is 2.05 bits per heavy atom. The molecule has 0 nitrogen and oxygen atoms in total. The van der Waals surface area contributed by atoms with Crippen LogP contribution in [0.5, 0.6) is 0 Å². The maximum absolute atomic E-state index is 8.61. The molecular weight excluding hydrogens is 659 g/mol. The Kier molecular flexibility index (Phi) is 8.04. The van der Waals surface area contributed by atoms with Crippen LogP contribution in [0.3, 0.4) is 0 Å². The molecule has 0 N–H and O–H groups in total. The summed E-state index contributed by atoms with van der Waals surface area (Å²) in [5.74, 6) is -1.27. The Bertz CT molecular complexity index is 1810. The van der Waals surface area contributed by atoms with Crippen LogP contribution in [-0.4, -0.2) is 5.92 Å². The van der Waals surface area contributed by atoms with Gasteiger partial charge in [-0.1, -0.05) is 0 Å². The minimum atomic E-state index is -4.80. The first kappa shape index (κ1) is 31.0. The van der Waals surface area contributed by atoms with Gasteiger partial charge in [0, 0.05) is 0 Å². The van der Waals surface area contributed by atoms with Crippen LogP contribution in [0.1, 0.15) is 67.0 Å². The average molecular weight is 702 g/mol. The molecule has 0 amide bonds. The van der Waals surface area contributed by atoms with Crippen molar-refractivity contribution < 1.29 is 15.6 Å². The standard InChI is InChI=1S/C20H21.C17H15.C2H7Si.2ClH.Zr/c1-13(2)17-11-16-6-5-7-18(20(16)12-17)19-10-14(3)8-9-15(19)4;1-12-10-16-13(2)8-9-15(17(16)11-12)14-6-4-3-5-7-14;1-3-2;;;/h5-13H,1-4H3;3-11H,1-2H3;3H,1-2H3;2*1H;/q;;;;;+2/p-2. The monoisotopic (exact) mass is 699 g/mol. The fourth-order valence-corrected chi connectivity index (χ4v) is 40.3. The van der Waals surface area contributed by atoms with E-state index in [1.165, 1.54) is 72.3 Å². The summed E-state index contributed by atoms with van der Waals surface area (Å²) in [6, 6.07) is 29.0. The predicted molar refractivity (Wildman–Crippen MR) is 190 cm³/mol. The first-order chi connectivity index (χ1) is 20.3. The fourth-order valence-electron chi connectivity index (χ4n) is 8.04. The van der Waals surface area contributed by atoms with Crippen molar-refractivity contribution in [2.75, 3.05) is 0 Å².